The molecule has 0 aliphatic carbocycles. The van der Waals surface area contributed by atoms with Crippen molar-refractivity contribution in [3.8, 4) is 5.75 Å². The van der Waals surface area contributed by atoms with Crippen LogP contribution in [0.25, 0.3) is 0 Å². The standard InChI is InChI=1S/C15H23BrO/c1-15(2,3)14(16)11-7-8-12-17-13-9-5-4-6-10-13/h4-6,9-10,14H,7-8,11-12H2,1-3H3. The Morgan fingerprint density at radius 2 is 1.76 bits per heavy atom. The number of ether oxygens (including phenoxy) is 1. The molecule has 96 valence electrons. The van der Waals surface area contributed by atoms with Gasteiger partial charge in [0.25, 0.3) is 0 Å². The number of hydrogen-bond donors (Lipinski definition) is 0. The summed E-state index contributed by atoms with van der Waals surface area (Å²) in [5.74, 6) is 0.971. The van der Waals surface area contributed by atoms with Crippen molar-refractivity contribution in [1.82, 2.24) is 0 Å². The van der Waals surface area contributed by atoms with Crippen molar-refractivity contribution in [2.24, 2.45) is 5.41 Å². The van der Waals surface area contributed by atoms with Gasteiger partial charge in [0.1, 0.15) is 5.75 Å². The number of halogens is 1. The number of hydrogen-bond acceptors (Lipinski definition) is 1. The largest absolute Gasteiger partial charge is 0.494 e. The van der Waals surface area contributed by atoms with Crippen LogP contribution in [-0.2, 0) is 0 Å². The molecule has 0 N–H and O–H groups in total. The highest BCUT2D eigenvalue weighted by molar-refractivity contribution is 9.09. The van der Waals surface area contributed by atoms with Gasteiger partial charge in [-0.3, -0.25) is 0 Å². The van der Waals surface area contributed by atoms with E-state index in [4.69, 9.17) is 4.74 Å². The zero-order chi connectivity index (χ0) is 12.7. The minimum atomic E-state index is 0.348. The van der Waals surface area contributed by atoms with E-state index in [0.29, 0.717) is 10.2 Å². The predicted octanol–water partition coefficient (Wildman–Crippen LogP) is 5.05. The zero-order valence-corrected chi connectivity index (χ0v) is 12.7. The Bertz CT molecular complexity index is 302. The Hall–Kier alpha value is -0.500. The molecular weight excluding hydrogens is 276 g/mol. The minimum absolute atomic E-state index is 0.348. The van der Waals surface area contributed by atoms with Gasteiger partial charge >= 0.3 is 0 Å². The third kappa shape index (κ3) is 6.11. The van der Waals surface area contributed by atoms with Crippen LogP contribution < -0.4 is 4.74 Å². The molecule has 1 aromatic carbocycles. The number of rotatable bonds is 6. The fourth-order valence-corrected chi connectivity index (χ4v) is 1.89. The molecule has 1 rings (SSSR count). The van der Waals surface area contributed by atoms with E-state index < -0.39 is 0 Å². The van der Waals surface area contributed by atoms with E-state index in [0.717, 1.165) is 18.8 Å². The third-order valence-corrected chi connectivity index (χ3v) is 4.63. The molecule has 1 aromatic rings. The molecule has 0 saturated heterocycles. The van der Waals surface area contributed by atoms with Crippen LogP contribution in [0.5, 0.6) is 5.75 Å². The molecule has 1 unspecified atom stereocenters. The normalized spacial score (nSPS) is 13.4. The van der Waals surface area contributed by atoms with Gasteiger partial charge in [-0.2, -0.15) is 0 Å². The van der Waals surface area contributed by atoms with E-state index in [1.807, 2.05) is 30.3 Å². The van der Waals surface area contributed by atoms with Gasteiger partial charge in [0, 0.05) is 4.83 Å². The quantitative estimate of drug-likeness (QED) is 0.528. The molecular formula is C15H23BrO. The zero-order valence-electron chi connectivity index (χ0n) is 11.1. The summed E-state index contributed by atoms with van der Waals surface area (Å²) in [5.41, 5.74) is 0.348. The summed E-state index contributed by atoms with van der Waals surface area (Å²) in [6.07, 6.45) is 3.54. The molecule has 1 atom stereocenters. The average molecular weight is 299 g/mol. The Balaban J connectivity index is 2.09. The summed E-state index contributed by atoms with van der Waals surface area (Å²) >= 11 is 3.75. The summed E-state index contributed by atoms with van der Waals surface area (Å²) in [5, 5.41) is 0. The fraction of sp³-hybridized carbons (Fsp3) is 0.600. The van der Waals surface area contributed by atoms with Crippen LogP contribution in [0.1, 0.15) is 40.0 Å². The smallest absolute Gasteiger partial charge is 0.119 e. The van der Waals surface area contributed by atoms with Gasteiger partial charge < -0.3 is 4.74 Å². The molecule has 0 aromatic heterocycles. The van der Waals surface area contributed by atoms with E-state index in [2.05, 4.69) is 36.7 Å². The molecule has 0 spiro atoms. The Kier molecular flexibility index (Phi) is 6.04. The second-order valence-corrected chi connectivity index (χ2v) is 6.60. The molecule has 0 heterocycles. The monoisotopic (exact) mass is 298 g/mol. The van der Waals surface area contributed by atoms with Crippen LogP contribution >= 0.6 is 15.9 Å². The maximum absolute atomic E-state index is 5.66. The van der Waals surface area contributed by atoms with E-state index >= 15 is 0 Å². The average Bonchev–Trinajstić information content (AvgIpc) is 2.28. The van der Waals surface area contributed by atoms with Gasteiger partial charge in [0.2, 0.25) is 0 Å². The van der Waals surface area contributed by atoms with Crippen LogP contribution in [0.4, 0.5) is 0 Å². The fourth-order valence-electron chi connectivity index (χ4n) is 1.57. The summed E-state index contributed by atoms with van der Waals surface area (Å²) < 4.78 is 5.66. The van der Waals surface area contributed by atoms with E-state index in [1.165, 1.54) is 12.8 Å². The highest BCUT2D eigenvalue weighted by Crippen LogP contribution is 2.29. The van der Waals surface area contributed by atoms with Crippen LogP contribution in [0.3, 0.4) is 0 Å². The Labute approximate surface area is 114 Å². The van der Waals surface area contributed by atoms with Crippen molar-refractivity contribution in [2.45, 2.75) is 44.9 Å². The van der Waals surface area contributed by atoms with Gasteiger partial charge in [-0.15, -0.1) is 0 Å². The second-order valence-electron chi connectivity index (χ2n) is 5.49. The molecule has 0 saturated carbocycles. The number of alkyl halides is 1. The van der Waals surface area contributed by atoms with Crippen molar-refractivity contribution >= 4 is 15.9 Å². The molecule has 0 bridgehead atoms. The Morgan fingerprint density at radius 3 is 2.35 bits per heavy atom. The minimum Gasteiger partial charge on any atom is -0.494 e. The van der Waals surface area contributed by atoms with E-state index in [9.17, 15) is 0 Å². The Morgan fingerprint density at radius 1 is 1.12 bits per heavy atom. The molecule has 17 heavy (non-hydrogen) atoms. The highest BCUT2D eigenvalue weighted by atomic mass is 79.9. The predicted molar refractivity (Wildman–Crippen MR) is 78.0 cm³/mol. The topological polar surface area (TPSA) is 9.23 Å². The molecule has 2 heteroatoms. The summed E-state index contributed by atoms with van der Waals surface area (Å²) in [6.45, 7) is 7.63. The summed E-state index contributed by atoms with van der Waals surface area (Å²) in [7, 11) is 0. The van der Waals surface area contributed by atoms with E-state index in [-0.39, 0.29) is 0 Å². The second kappa shape index (κ2) is 7.05. The van der Waals surface area contributed by atoms with Gasteiger partial charge in [0.15, 0.2) is 0 Å². The number of unbranched alkanes of at least 4 members (excludes halogenated alkanes) is 1. The summed E-state index contributed by atoms with van der Waals surface area (Å²) in [6, 6.07) is 10.0. The van der Waals surface area contributed by atoms with Gasteiger partial charge in [-0.25, -0.2) is 0 Å². The van der Waals surface area contributed by atoms with Crippen molar-refractivity contribution < 1.29 is 4.74 Å². The lowest BCUT2D eigenvalue weighted by Gasteiger charge is -2.25. The summed E-state index contributed by atoms with van der Waals surface area (Å²) in [4.78, 5) is 0.590. The molecule has 0 fully saturated rings. The first-order chi connectivity index (χ1) is 8.00. The maximum atomic E-state index is 5.66. The number of benzene rings is 1. The molecule has 0 radical (unpaired) electrons. The maximum Gasteiger partial charge on any atom is 0.119 e. The van der Waals surface area contributed by atoms with E-state index in [1.54, 1.807) is 0 Å². The SMILES string of the molecule is CC(C)(C)C(Br)CCCCOc1ccccc1. The van der Waals surface area contributed by atoms with Crippen LogP contribution in [-0.4, -0.2) is 11.4 Å². The third-order valence-electron chi connectivity index (χ3n) is 2.80. The highest BCUT2D eigenvalue weighted by Gasteiger charge is 2.20. The molecule has 0 amide bonds. The van der Waals surface area contributed by atoms with Crippen molar-refractivity contribution in [1.29, 1.82) is 0 Å². The van der Waals surface area contributed by atoms with Gasteiger partial charge in [-0.05, 0) is 36.8 Å². The lowest BCUT2D eigenvalue weighted by Crippen LogP contribution is -2.20. The van der Waals surface area contributed by atoms with Crippen molar-refractivity contribution in [2.75, 3.05) is 6.61 Å². The molecule has 1 nitrogen and oxygen atoms in total. The van der Waals surface area contributed by atoms with Crippen LogP contribution in [0, 0.1) is 5.41 Å². The van der Waals surface area contributed by atoms with Gasteiger partial charge in [-0.1, -0.05) is 54.9 Å². The van der Waals surface area contributed by atoms with Crippen molar-refractivity contribution in [3.05, 3.63) is 30.3 Å². The lowest BCUT2D eigenvalue weighted by atomic mass is 9.89. The van der Waals surface area contributed by atoms with Crippen LogP contribution in [0.2, 0.25) is 0 Å². The first-order valence-electron chi connectivity index (χ1n) is 6.32. The molecule has 0 aliphatic rings. The van der Waals surface area contributed by atoms with Crippen molar-refractivity contribution in [3.63, 3.8) is 0 Å². The van der Waals surface area contributed by atoms with Crippen LogP contribution in [0.15, 0.2) is 30.3 Å². The molecule has 0 aliphatic heterocycles. The first kappa shape index (κ1) is 14.6. The lowest BCUT2D eigenvalue weighted by molar-refractivity contribution is 0.298. The number of para-hydroxylation sites is 1. The first-order valence-corrected chi connectivity index (χ1v) is 7.23. The van der Waals surface area contributed by atoms with Gasteiger partial charge in [0.05, 0.1) is 6.61 Å².